The second-order valence-corrected chi connectivity index (χ2v) is 7.19. The number of esters is 3. The first-order valence-electron chi connectivity index (χ1n) is 9.57. The second kappa shape index (κ2) is 11.6. The lowest BCUT2D eigenvalue weighted by Gasteiger charge is -2.13. The van der Waals surface area contributed by atoms with Crippen molar-refractivity contribution in [1.29, 1.82) is 0 Å². The number of halogens is 1. The first-order chi connectivity index (χ1) is 13.9. The lowest BCUT2D eigenvalue weighted by molar-refractivity contribution is -0.159. The molecule has 0 saturated carbocycles. The number of benzene rings is 2. The van der Waals surface area contributed by atoms with E-state index >= 15 is 0 Å². The summed E-state index contributed by atoms with van der Waals surface area (Å²) in [4.78, 5) is 35.3. The summed E-state index contributed by atoms with van der Waals surface area (Å²) in [5, 5.41) is 1.90. The van der Waals surface area contributed by atoms with Gasteiger partial charge < -0.3 is 14.2 Å². The molecule has 2 rings (SSSR count). The van der Waals surface area contributed by atoms with Crippen LogP contribution in [0.4, 0.5) is 0 Å². The van der Waals surface area contributed by atoms with Gasteiger partial charge in [0.15, 0.2) is 6.61 Å². The first-order valence-corrected chi connectivity index (χ1v) is 10.7. The van der Waals surface area contributed by atoms with Crippen LogP contribution in [0.5, 0.6) is 5.75 Å². The molecule has 0 amide bonds. The molecule has 0 aliphatic carbocycles. The van der Waals surface area contributed by atoms with Gasteiger partial charge in [-0.3, -0.25) is 9.59 Å². The van der Waals surface area contributed by atoms with Gasteiger partial charge in [-0.15, -0.1) is 0 Å². The summed E-state index contributed by atoms with van der Waals surface area (Å²) in [6.45, 7) is 3.75. The van der Waals surface area contributed by atoms with Crippen LogP contribution in [0.2, 0.25) is 0 Å². The molecule has 156 valence electrons. The largest absolute Gasteiger partial charge is 0.463 e. The summed E-state index contributed by atoms with van der Waals surface area (Å²) in [6.07, 6.45) is 2.84. The molecule has 0 heterocycles. The zero-order valence-electron chi connectivity index (χ0n) is 16.6. The highest BCUT2D eigenvalue weighted by molar-refractivity contribution is 9.09. The van der Waals surface area contributed by atoms with Crippen LogP contribution in [0.3, 0.4) is 0 Å². The van der Waals surface area contributed by atoms with Crippen molar-refractivity contribution in [3.8, 4) is 5.75 Å². The fourth-order valence-corrected chi connectivity index (χ4v) is 2.82. The van der Waals surface area contributed by atoms with Crippen LogP contribution in [0.25, 0.3) is 10.8 Å². The molecule has 2 aromatic rings. The second-order valence-electron chi connectivity index (χ2n) is 6.63. The Bertz CT molecular complexity index is 864. The van der Waals surface area contributed by atoms with Crippen LogP contribution in [0, 0.1) is 0 Å². The van der Waals surface area contributed by atoms with Crippen molar-refractivity contribution in [2.75, 3.05) is 18.5 Å². The van der Waals surface area contributed by atoms with Crippen LogP contribution < -0.4 is 4.74 Å². The van der Waals surface area contributed by atoms with Gasteiger partial charge in [-0.1, -0.05) is 60.0 Å². The third kappa shape index (κ3) is 7.16. The predicted octanol–water partition coefficient (Wildman–Crippen LogP) is 4.52. The topological polar surface area (TPSA) is 78.9 Å². The number of rotatable bonds is 10. The van der Waals surface area contributed by atoms with E-state index in [2.05, 4.69) is 22.9 Å². The van der Waals surface area contributed by atoms with E-state index in [1.54, 1.807) is 19.1 Å². The number of ether oxygens (including phenoxy) is 3. The molecule has 0 spiro atoms. The molecular formula is C22H25BrO6. The van der Waals surface area contributed by atoms with Crippen molar-refractivity contribution >= 4 is 44.6 Å². The summed E-state index contributed by atoms with van der Waals surface area (Å²) in [5.74, 6) is -1.47. The SMILES string of the molecule is CCCCCOC(=O)COC(=O)C(C)c1ccc2cc(OC(=O)CBr)ccc2c1. The number of hydrogen-bond acceptors (Lipinski definition) is 6. The van der Waals surface area contributed by atoms with Gasteiger partial charge in [-0.25, -0.2) is 4.79 Å². The molecule has 0 saturated heterocycles. The van der Waals surface area contributed by atoms with Crippen molar-refractivity contribution < 1.29 is 28.6 Å². The van der Waals surface area contributed by atoms with Gasteiger partial charge in [-0.2, -0.15) is 0 Å². The average molecular weight is 465 g/mol. The van der Waals surface area contributed by atoms with Crippen molar-refractivity contribution in [1.82, 2.24) is 0 Å². The van der Waals surface area contributed by atoms with E-state index in [0.29, 0.717) is 12.4 Å². The Labute approximate surface area is 178 Å². The summed E-state index contributed by atoms with van der Waals surface area (Å²) >= 11 is 3.05. The fraction of sp³-hybridized carbons (Fsp3) is 0.409. The van der Waals surface area contributed by atoms with Crippen LogP contribution in [-0.2, 0) is 23.9 Å². The maximum atomic E-state index is 12.3. The molecule has 0 aromatic heterocycles. The summed E-state index contributed by atoms with van der Waals surface area (Å²) < 4.78 is 15.3. The number of alkyl halides is 1. The van der Waals surface area contributed by atoms with Crippen LogP contribution >= 0.6 is 15.9 Å². The zero-order chi connectivity index (χ0) is 21.2. The maximum Gasteiger partial charge on any atom is 0.344 e. The highest BCUT2D eigenvalue weighted by atomic mass is 79.9. The number of hydrogen-bond donors (Lipinski definition) is 0. The van der Waals surface area contributed by atoms with Crippen LogP contribution in [0.15, 0.2) is 36.4 Å². The highest BCUT2D eigenvalue weighted by Crippen LogP contribution is 2.26. The van der Waals surface area contributed by atoms with E-state index in [4.69, 9.17) is 14.2 Å². The summed E-state index contributed by atoms with van der Waals surface area (Å²) in [5.41, 5.74) is 0.768. The quantitative estimate of drug-likeness (QED) is 0.222. The molecule has 0 radical (unpaired) electrons. The third-order valence-corrected chi connectivity index (χ3v) is 4.83. The smallest absolute Gasteiger partial charge is 0.344 e. The summed E-state index contributed by atoms with van der Waals surface area (Å²) in [6, 6.07) is 10.8. The Balaban J connectivity index is 1.94. The average Bonchev–Trinajstić information content (AvgIpc) is 2.74. The minimum atomic E-state index is -0.536. The van der Waals surface area contributed by atoms with Gasteiger partial charge in [-0.05, 0) is 41.8 Å². The molecule has 0 fully saturated rings. The Morgan fingerprint density at radius 3 is 2.41 bits per heavy atom. The molecule has 6 nitrogen and oxygen atoms in total. The zero-order valence-corrected chi connectivity index (χ0v) is 18.2. The molecule has 29 heavy (non-hydrogen) atoms. The number of carbonyl (C=O) groups is 3. The van der Waals surface area contributed by atoms with Crippen LogP contribution in [-0.4, -0.2) is 36.5 Å². The Morgan fingerprint density at radius 1 is 0.966 bits per heavy atom. The molecule has 0 aliphatic rings. The number of carbonyl (C=O) groups excluding carboxylic acids is 3. The Hall–Kier alpha value is -2.41. The van der Waals surface area contributed by atoms with Crippen molar-refractivity contribution in [3.63, 3.8) is 0 Å². The van der Waals surface area contributed by atoms with E-state index in [1.807, 2.05) is 24.3 Å². The number of fused-ring (bicyclic) bond motifs is 1. The minimum absolute atomic E-state index is 0.121. The highest BCUT2D eigenvalue weighted by Gasteiger charge is 2.19. The first kappa shape index (κ1) is 22.9. The maximum absolute atomic E-state index is 12.3. The van der Waals surface area contributed by atoms with Gasteiger partial charge in [0.2, 0.25) is 0 Å². The van der Waals surface area contributed by atoms with Gasteiger partial charge in [0.25, 0.3) is 0 Å². The van der Waals surface area contributed by atoms with E-state index in [0.717, 1.165) is 35.6 Å². The van der Waals surface area contributed by atoms with Crippen LogP contribution in [0.1, 0.15) is 44.6 Å². The normalized spacial score (nSPS) is 11.7. The van der Waals surface area contributed by atoms with Crippen molar-refractivity contribution in [3.05, 3.63) is 42.0 Å². The van der Waals surface area contributed by atoms with E-state index in [9.17, 15) is 14.4 Å². The molecule has 1 atom stereocenters. The predicted molar refractivity (Wildman–Crippen MR) is 113 cm³/mol. The van der Waals surface area contributed by atoms with Gasteiger partial charge in [0.05, 0.1) is 12.5 Å². The van der Waals surface area contributed by atoms with Gasteiger partial charge in [0, 0.05) is 0 Å². The van der Waals surface area contributed by atoms with Crippen molar-refractivity contribution in [2.24, 2.45) is 0 Å². The molecule has 1 unspecified atom stereocenters. The lowest BCUT2D eigenvalue weighted by Crippen LogP contribution is -2.20. The lowest BCUT2D eigenvalue weighted by atomic mass is 9.98. The number of unbranched alkanes of at least 4 members (excludes halogenated alkanes) is 2. The van der Waals surface area contributed by atoms with Crippen molar-refractivity contribution in [2.45, 2.75) is 39.0 Å². The van der Waals surface area contributed by atoms with E-state index < -0.39 is 17.9 Å². The fourth-order valence-electron chi connectivity index (χ4n) is 2.70. The molecule has 0 aliphatic heterocycles. The molecular weight excluding hydrogens is 440 g/mol. The summed E-state index contributed by atoms with van der Waals surface area (Å²) in [7, 11) is 0. The molecule has 0 N–H and O–H groups in total. The van der Waals surface area contributed by atoms with Gasteiger partial charge >= 0.3 is 17.9 Å². The van der Waals surface area contributed by atoms with E-state index in [-0.39, 0.29) is 17.9 Å². The molecule has 2 aromatic carbocycles. The standard InChI is InChI=1S/C22H25BrO6/c1-3-4-5-10-27-21(25)14-28-22(26)15(2)16-6-7-18-12-19(29-20(24)13-23)9-8-17(18)11-16/h6-9,11-12,15H,3-5,10,13-14H2,1-2H3. The third-order valence-electron chi connectivity index (χ3n) is 4.37. The van der Waals surface area contributed by atoms with E-state index in [1.165, 1.54) is 0 Å². The molecule has 0 bridgehead atoms. The van der Waals surface area contributed by atoms with Gasteiger partial charge in [0.1, 0.15) is 11.1 Å². The Kier molecular flexibility index (Phi) is 9.12. The Morgan fingerprint density at radius 2 is 1.69 bits per heavy atom. The minimum Gasteiger partial charge on any atom is -0.463 e. The molecule has 7 heteroatoms. The monoisotopic (exact) mass is 464 g/mol.